The number of carbonyl (C=O) groups is 1. The minimum Gasteiger partial charge on any atom is -0.495 e. The van der Waals surface area contributed by atoms with Crippen LogP contribution in [0.1, 0.15) is 13.8 Å². The molecule has 0 aliphatic carbocycles. The summed E-state index contributed by atoms with van der Waals surface area (Å²) in [5.74, 6) is -0.278. The highest BCUT2D eigenvalue weighted by atomic mass is 16.5. The number of hydrogen-bond acceptors (Lipinski definition) is 3. The van der Waals surface area contributed by atoms with Crippen molar-refractivity contribution in [1.29, 1.82) is 0 Å². The van der Waals surface area contributed by atoms with Gasteiger partial charge in [-0.25, -0.2) is 4.79 Å². The molecule has 4 nitrogen and oxygen atoms in total. The van der Waals surface area contributed by atoms with Gasteiger partial charge >= 0.3 is 5.97 Å². The Kier molecular flexibility index (Phi) is 3.19. The molecule has 0 aliphatic rings. The predicted octanol–water partition coefficient (Wildman–Crippen LogP) is 1.97. The maximum atomic E-state index is 10.9. The predicted molar refractivity (Wildman–Crippen MR) is 58.3 cm³/mol. The third kappa shape index (κ3) is 2.62. The lowest BCUT2D eigenvalue weighted by Crippen LogP contribution is -2.40. The van der Waals surface area contributed by atoms with Crippen LogP contribution in [0.15, 0.2) is 24.3 Å². The lowest BCUT2D eigenvalue weighted by molar-refractivity contribution is -0.141. The van der Waals surface area contributed by atoms with Gasteiger partial charge in [-0.05, 0) is 26.0 Å². The van der Waals surface area contributed by atoms with Crippen molar-refractivity contribution in [2.24, 2.45) is 0 Å². The molecule has 82 valence electrons. The van der Waals surface area contributed by atoms with E-state index >= 15 is 0 Å². The number of benzene rings is 1. The zero-order valence-corrected chi connectivity index (χ0v) is 9.07. The summed E-state index contributed by atoms with van der Waals surface area (Å²) in [6, 6.07) is 7.21. The van der Waals surface area contributed by atoms with E-state index < -0.39 is 11.5 Å². The smallest absolute Gasteiger partial charge is 0.328 e. The number of anilines is 1. The molecule has 15 heavy (non-hydrogen) atoms. The molecular weight excluding hydrogens is 194 g/mol. The van der Waals surface area contributed by atoms with Crippen LogP contribution < -0.4 is 10.1 Å². The van der Waals surface area contributed by atoms with E-state index in [-0.39, 0.29) is 0 Å². The van der Waals surface area contributed by atoms with E-state index in [9.17, 15) is 4.79 Å². The van der Waals surface area contributed by atoms with Crippen molar-refractivity contribution in [2.45, 2.75) is 19.4 Å². The molecule has 0 saturated carbocycles. The molecule has 4 heteroatoms. The summed E-state index contributed by atoms with van der Waals surface area (Å²) in [5.41, 5.74) is -0.346. The molecule has 0 atom stereocenters. The number of ether oxygens (including phenoxy) is 1. The monoisotopic (exact) mass is 209 g/mol. The van der Waals surface area contributed by atoms with E-state index in [1.54, 1.807) is 33.1 Å². The fourth-order valence-electron chi connectivity index (χ4n) is 1.14. The van der Waals surface area contributed by atoms with E-state index in [0.717, 1.165) is 0 Å². The molecule has 0 unspecified atom stereocenters. The van der Waals surface area contributed by atoms with Crippen LogP contribution in [0, 0.1) is 0 Å². The summed E-state index contributed by atoms with van der Waals surface area (Å²) in [6.07, 6.45) is 0. The Morgan fingerprint density at radius 2 is 2.00 bits per heavy atom. The standard InChI is InChI=1S/C11H15NO3/c1-11(2,10(13)14)12-8-6-4-5-7-9(8)15-3/h4-7,12H,1-3H3,(H,13,14). The fourth-order valence-corrected chi connectivity index (χ4v) is 1.14. The molecule has 1 rings (SSSR count). The number of carboxylic acid groups (broad SMARTS) is 1. The molecule has 0 saturated heterocycles. The van der Waals surface area contributed by atoms with Crippen LogP contribution in [0.5, 0.6) is 5.75 Å². The van der Waals surface area contributed by atoms with Crippen molar-refractivity contribution < 1.29 is 14.6 Å². The van der Waals surface area contributed by atoms with E-state index in [0.29, 0.717) is 11.4 Å². The Balaban J connectivity index is 2.94. The zero-order chi connectivity index (χ0) is 11.5. The fraction of sp³-hybridized carbons (Fsp3) is 0.364. The van der Waals surface area contributed by atoms with Crippen LogP contribution in [0.3, 0.4) is 0 Å². The molecule has 0 aliphatic heterocycles. The Morgan fingerprint density at radius 3 is 2.53 bits per heavy atom. The summed E-state index contributed by atoms with van der Waals surface area (Å²) < 4.78 is 5.12. The second-order valence-corrected chi connectivity index (χ2v) is 3.76. The van der Waals surface area contributed by atoms with Gasteiger partial charge in [-0.1, -0.05) is 12.1 Å². The molecule has 1 aromatic carbocycles. The average molecular weight is 209 g/mol. The minimum atomic E-state index is -1.02. The first kappa shape index (κ1) is 11.4. The van der Waals surface area contributed by atoms with Crippen LogP contribution in [0.4, 0.5) is 5.69 Å². The van der Waals surface area contributed by atoms with Gasteiger partial charge in [0.25, 0.3) is 0 Å². The van der Waals surface area contributed by atoms with Gasteiger partial charge in [0.2, 0.25) is 0 Å². The highest BCUT2D eigenvalue weighted by molar-refractivity contribution is 5.82. The van der Waals surface area contributed by atoms with Gasteiger partial charge in [0.1, 0.15) is 11.3 Å². The van der Waals surface area contributed by atoms with Gasteiger partial charge in [-0.3, -0.25) is 0 Å². The first-order valence-corrected chi connectivity index (χ1v) is 4.62. The van der Waals surface area contributed by atoms with Crippen LogP contribution in [-0.4, -0.2) is 23.7 Å². The van der Waals surface area contributed by atoms with E-state index in [2.05, 4.69) is 5.32 Å². The Hall–Kier alpha value is -1.71. The largest absolute Gasteiger partial charge is 0.495 e. The first-order chi connectivity index (χ1) is 6.97. The van der Waals surface area contributed by atoms with Gasteiger partial charge in [0, 0.05) is 0 Å². The lowest BCUT2D eigenvalue weighted by Gasteiger charge is -2.23. The van der Waals surface area contributed by atoms with Gasteiger partial charge in [0.05, 0.1) is 12.8 Å². The number of methoxy groups -OCH3 is 1. The minimum absolute atomic E-state index is 0.631. The topological polar surface area (TPSA) is 58.6 Å². The van der Waals surface area contributed by atoms with E-state index in [4.69, 9.17) is 9.84 Å². The summed E-state index contributed by atoms with van der Waals surface area (Å²) in [4.78, 5) is 10.9. The van der Waals surface area contributed by atoms with Crippen molar-refractivity contribution in [3.05, 3.63) is 24.3 Å². The number of carboxylic acids is 1. The van der Waals surface area contributed by atoms with Gasteiger partial charge in [-0.15, -0.1) is 0 Å². The number of nitrogens with one attached hydrogen (secondary N) is 1. The number of para-hydroxylation sites is 2. The second kappa shape index (κ2) is 4.21. The van der Waals surface area contributed by atoms with Gasteiger partial charge in [-0.2, -0.15) is 0 Å². The van der Waals surface area contributed by atoms with Crippen molar-refractivity contribution >= 4 is 11.7 Å². The zero-order valence-electron chi connectivity index (χ0n) is 9.07. The number of hydrogen-bond donors (Lipinski definition) is 2. The first-order valence-electron chi connectivity index (χ1n) is 4.62. The third-order valence-corrected chi connectivity index (χ3v) is 2.09. The number of aliphatic carboxylic acids is 1. The maximum Gasteiger partial charge on any atom is 0.328 e. The van der Waals surface area contributed by atoms with Gasteiger partial charge in [0.15, 0.2) is 0 Å². The molecule has 0 heterocycles. The van der Waals surface area contributed by atoms with Crippen molar-refractivity contribution in [3.8, 4) is 5.75 Å². The van der Waals surface area contributed by atoms with Crippen LogP contribution >= 0.6 is 0 Å². The molecule has 0 radical (unpaired) electrons. The van der Waals surface area contributed by atoms with Crippen molar-refractivity contribution in [1.82, 2.24) is 0 Å². The molecule has 0 spiro atoms. The van der Waals surface area contributed by atoms with Crippen LogP contribution in [0.25, 0.3) is 0 Å². The Labute approximate surface area is 88.9 Å². The van der Waals surface area contributed by atoms with Crippen molar-refractivity contribution in [2.75, 3.05) is 12.4 Å². The van der Waals surface area contributed by atoms with E-state index in [1.807, 2.05) is 12.1 Å². The average Bonchev–Trinajstić information content (AvgIpc) is 2.18. The molecule has 0 amide bonds. The summed E-state index contributed by atoms with van der Waals surface area (Å²) in [5, 5.41) is 11.9. The van der Waals surface area contributed by atoms with Gasteiger partial charge < -0.3 is 15.2 Å². The number of rotatable bonds is 4. The Bertz CT molecular complexity index is 361. The van der Waals surface area contributed by atoms with Crippen LogP contribution in [-0.2, 0) is 4.79 Å². The molecule has 2 N–H and O–H groups in total. The van der Waals surface area contributed by atoms with Crippen LogP contribution in [0.2, 0.25) is 0 Å². The maximum absolute atomic E-state index is 10.9. The molecular formula is C11H15NO3. The summed E-state index contributed by atoms with van der Waals surface area (Å²) >= 11 is 0. The molecule has 0 aromatic heterocycles. The highest BCUT2D eigenvalue weighted by Gasteiger charge is 2.27. The lowest BCUT2D eigenvalue weighted by atomic mass is 10.1. The Morgan fingerprint density at radius 1 is 1.40 bits per heavy atom. The summed E-state index contributed by atoms with van der Waals surface area (Å²) in [7, 11) is 1.55. The van der Waals surface area contributed by atoms with Crippen molar-refractivity contribution in [3.63, 3.8) is 0 Å². The molecule has 1 aromatic rings. The second-order valence-electron chi connectivity index (χ2n) is 3.76. The highest BCUT2D eigenvalue weighted by Crippen LogP contribution is 2.26. The summed E-state index contributed by atoms with van der Waals surface area (Å²) in [6.45, 7) is 3.20. The molecule has 0 fully saturated rings. The normalized spacial score (nSPS) is 10.9. The molecule has 0 bridgehead atoms. The quantitative estimate of drug-likeness (QED) is 0.796. The third-order valence-electron chi connectivity index (χ3n) is 2.09. The SMILES string of the molecule is COc1ccccc1NC(C)(C)C(=O)O. The van der Waals surface area contributed by atoms with E-state index in [1.165, 1.54) is 0 Å².